The monoisotopic (exact) mass is 418 g/mol. The summed E-state index contributed by atoms with van der Waals surface area (Å²) in [5.41, 5.74) is 5.18. The first kappa shape index (κ1) is 15.7. The summed E-state index contributed by atoms with van der Waals surface area (Å²) in [6, 6.07) is 14.3. The largest absolute Gasteiger partial charge is 0.288 e. The first-order chi connectivity index (χ1) is 10.3. The zero-order valence-corrected chi connectivity index (χ0v) is 15.9. The van der Waals surface area contributed by atoms with Gasteiger partial charge in [-0.3, -0.25) is 4.79 Å². The lowest BCUT2D eigenvalue weighted by atomic mass is 9.86. The summed E-state index contributed by atoms with van der Waals surface area (Å²) >= 11 is 6.98. The molecule has 2 aromatic rings. The standard InChI is InChI=1S/C19H16Br2O/c1-19(2,3)12-6-4-11(5-7-12)16-15-10-13(20)8-9-14(15)18(22)17(16)21/h4-10H,1-3H3. The number of carbonyl (C=O) groups excluding carboxylic acids is 1. The van der Waals surface area contributed by atoms with Gasteiger partial charge in [-0.15, -0.1) is 0 Å². The third-order valence-electron chi connectivity index (χ3n) is 3.95. The van der Waals surface area contributed by atoms with Gasteiger partial charge in [0.2, 0.25) is 5.78 Å². The van der Waals surface area contributed by atoms with Gasteiger partial charge in [-0.05, 0) is 56.2 Å². The lowest BCUT2D eigenvalue weighted by molar-refractivity contribution is 0.104. The lowest BCUT2D eigenvalue weighted by Gasteiger charge is -2.19. The van der Waals surface area contributed by atoms with Crippen LogP contribution in [0.4, 0.5) is 0 Å². The molecule has 3 rings (SSSR count). The fourth-order valence-corrected chi connectivity index (χ4v) is 3.71. The molecule has 0 amide bonds. The molecule has 0 radical (unpaired) electrons. The van der Waals surface area contributed by atoms with Crippen molar-refractivity contribution in [3.63, 3.8) is 0 Å². The summed E-state index contributed by atoms with van der Waals surface area (Å²) in [7, 11) is 0. The van der Waals surface area contributed by atoms with Crippen molar-refractivity contribution in [3.05, 3.63) is 73.7 Å². The minimum Gasteiger partial charge on any atom is -0.288 e. The van der Waals surface area contributed by atoms with Crippen molar-refractivity contribution < 1.29 is 4.79 Å². The van der Waals surface area contributed by atoms with Crippen LogP contribution in [-0.2, 0) is 5.41 Å². The summed E-state index contributed by atoms with van der Waals surface area (Å²) in [5, 5.41) is 0. The SMILES string of the molecule is CC(C)(C)c1ccc(C2=C(Br)C(=O)c3ccc(Br)cc32)cc1. The topological polar surface area (TPSA) is 17.1 Å². The molecule has 1 aliphatic rings. The van der Waals surface area contributed by atoms with Crippen molar-refractivity contribution in [1.82, 2.24) is 0 Å². The Balaban J connectivity index is 2.13. The highest BCUT2D eigenvalue weighted by atomic mass is 79.9. The number of ketones is 1. The molecule has 1 nitrogen and oxygen atoms in total. The van der Waals surface area contributed by atoms with Crippen molar-refractivity contribution >= 4 is 43.2 Å². The van der Waals surface area contributed by atoms with E-state index in [9.17, 15) is 4.79 Å². The highest BCUT2D eigenvalue weighted by Crippen LogP contribution is 2.41. The minimum absolute atomic E-state index is 0.0531. The summed E-state index contributed by atoms with van der Waals surface area (Å²) < 4.78 is 1.62. The van der Waals surface area contributed by atoms with Gasteiger partial charge in [0.05, 0.1) is 4.48 Å². The lowest BCUT2D eigenvalue weighted by Crippen LogP contribution is -2.10. The van der Waals surface area contributed by atoms with Gasteiger partial charge in [0.1, 0.15) is 0 Å². The highest BCUT2D eigenvalue weighted by molar-refractivity contribution is 9.12. The van der Waals surface area contributed by atoms with Crippen LogP contribution in [0, 0.1) is 0 Å². The van der Waals surface area contributed by atoms with E-state index in [1.54, 1.807) is 0 Å². The molecule has 0 atom stereocenters. The van der Waals surface area contributed by atoms with Crippen molar-refractivity contribution in [3.8, 4) is 0 Å². The average Bonchev–Trinajstić information content (AvgIpc) is 2.70. The van der Waals surface area contributed by atoms with E-state index in [0.29, 0.717) is 4.48 Å². The molecular weight excluding hydrogens is 404 g/mol. The van der Waals surface area contributed by atoms with Crippen molar-refractivity contribution in [2.24, 2.45) is 0 Å². The molecule has 0 aliphatic heterocycles. The van der Waals surface area contributed by atoms with Crippen molar-refractivity contribution in [1.29, 1.82) is 0 Å². The number of halogens is 2. The molecule has 22 heavy (non-hydrogen) atoms. The van der Waals surface area contributed by atoms with Crippen LogP contribution in [0.25, 0.3) is 5.57 Å². The van der Waals surface area contributed by atoms with Gasteiger partial charge in [0, 0.05) is 15.6 Å². The van der Waals surface area contributed by atoms with Gasteiger partial charge in [0.25, 0.3) is 0 Å². The van der Waals surface area contributed by atoms with Crippen LogP contribution in [0.3, 0.4) is 0 Å². The first-order valence-corrected chi connectivity index (χ1v) is 8.73. The van der Waals surface area contributed by atoms with E-state index in [0.717, 1.165) is 26.7 Å². The van der Waals surface area contributed by atoms with Crippen LogP contribution in [-0.4, -0.2) is 5.78 Å². The van der Waals surface area contributed by atoms with Gasteiger partial charge in [-0.2, -0.15) is 0 Å². The van der Waals surface area contributed by atoms with Crippen LogP contribution in [0.15, 0.2) is 51.4 Å². The smallest absolute Gasteiger partial charge is 0.201 e. The average molecular weight is 420 g/mol. The van der Waals surface area contributed by atoms with Gasteiger partial charge >= 0.3 is 0 Å². The molecule has 112 valence electrons. The Morgan fingerprint density at radius 2 is 1.50 bits per heavy atom. The summed E-state index contributed by atoms with van der Waals surface area (Å²) in [5.74, 6) is 0.0531. The Morgan fingerprint density at radius 1 is 0.864 bits per heavy atom. The number of Topliss-reactive ketones (excluding diaryl/α,β-unsaturated/α-hetero) is 1. The summed E-state index contributed by atoms with van der Waals surface area (Å²) in [6.45, 7) is 6.59. The Bertz CT molecular complexity index is 793. The molecule has 2 aromatic carbocycles. The van der Waals surface area contributed by atoms with Crippen LogP contribution in [0.5, 0.6) is 0 Å². The molecular formula is C19H16Br2O. The van der Waals surface area contributed by atoms with Crippen LogP contribution in [0.2, 0.25) is 0 Å². The van der Waals surface area contributed by atoms with E-state index >= 15 is 0 Å². The summed E-state index contributed by atoms with van der Waals surface area (Å²) in [6.07, 6.45) is 0. The number of allylic oxidation sites excluding steroid dienone is 1. The molecule has 0 N–H and O–H groups in total. The Kier molecular flexibility index (Phi) is 3.90. The maximum absolute atomic E-state index is 12.4. The van der Waals surface area contributed by atoms with Crippen molar-refractivity contribution in [2.75, 3.05) is 0 Å². The molecule has 0 unspecified atom stereocenters. The zero-order chi connectivity index (χ0) is 16.1. The van der Waals surface area contributed by atoms with Crippen LogP contribution in [0.1, 0.15) is 47.8 Å². The van der Waals surface area contributed by atoms with Crippen LogP contribution < -0.4 is 0 Å². The fraction of sp³-hybridized carbons (Fsp3) is 0.211. The number of carbonyl (C=O) groups is 1. The van der Waals surface area contributed by atoms with E-state index in [4.69, 9.17) is 0 Å². The third-order valence-corrected chi connectivity index (χ3v) is 5.20. The van der Waals surface area contributed by atoms with Crippen molar-refractivity contribution in [2.45, 2.75) is 26.2 Å². The number of fused-ring (bicyclic) bond motifs is 1. The van der Waals surface area contributed by atoms with E-state index in [1.165, 1.54) is 5.56 Å². The second kappa shape index (κ2) is 5.47. The maximum atomic E-state index is 12.4. The Labute approximate surface area is 147 Å². The molecule has 3 heteroatoms. The highest BCUT2D eigenvalue weighted by Gasteiger charge is 2.29. The fourth-order valence-electron chi connectivity index (χ4n) is 2.69. The number of benzene rings is 2. The second-order valence-corrected chi connectivity index (χ2v) is 8.24. The minimum atomic E-state index is 0.0531. The number of hydrogen-bond acceptors (Lipinski definition) is 1. The van der Waals surface area contributed by atoms with Gasteiger partial charge in [-0.25, -0.2) is 0 Å². The number of rotatable bonds is 1. The molecule has 0 fully saturated rings. The Hall–Kier alpha value is -1.19. The van der Waals surface area contributed by atoms with Gasteiger partial charge < -0.3 is 0 Å². The van der Waals surface area contributed by atoms with E-state index in [-0.39, 0.29) is 11.2 Å². The van der Waals surface area contributed by atoms with Gasteiger partial charge in [-0.1, -0.05) is 61.0 Å². The zero-order valence-electron chi connectivity index (χ0n) is 12.7. The van der Waals surface area contributed by atoms with Crippen LogP contribution >= 0.6 is 31.9 Å². The third kappa shape index (κ3) is 2.61. The predicted octanol–water partition coefficient (Wildman–Crippen LogP) is 6.10. The molecule has 0 saturated heterocycles. The number of hydrogen-bond donors (Lipinski definition) is 0. The van der Waals surface area contributed by atoms with E-state index in [1.807, 2.05) is 18.2 Å². The normalized spacial score (nSPS) is 14.5. The first-order valence-electron chi connectivity index (χ1n) is 7.14. The van der Waals surface area contributed by atoms with E-state index < -0.39 is 0 Å². The molecule has 0 bridgehead atoms. The molecule has 0 heterocycles. The summed E-state index contributed by atoms with van der Waals surface area (Å²) in [4.78, 5) is 12.4. The maximum Gasteiger partial charge on any atom is 0.201 e. The molecule has 1 aliphatic carbocycles. The molecule has 0 spiro atoms. The quantitative estimate of drug-likeness (QED) is 0.545. The molecule has 0 saturated carbocycles. The molecule has 0 aromatic heterocycles. The van der Waals surface area contributed by atoms with Gasteiger partial charge in [0.15, 0.2) is 0 Å². The van der Waals surface area contributed by atoms with E-state index in [2.05, 4.69) is 76.9 Å². The second-order valence-electron chi connectivity index (χ2n) is 6.54. The predicted molar refractivity (Wildman–Crippen MR) is 98.6 cm³/mol. The Morgan fingerprint density at radius 3 is 2.09 bits per heavy atom.